The Morgan fingerprint density at radius 1 is 1.63 bits per heavy atom. The van der Waals surface area contributed by atoms with Gasteiger partial charge in [0.1, 0.15) is 0 Å². The number of aromatic nitrogens is 1. The molecule has 0 aliphatic carbocycles. The van der Waals surface area contributed by atoms with E-state index < -0.39 is 0 Å². The lowest BCUT2D eigenvalue weighted by molar-refractivity contribution is 0.114. The molecule has 0 radical (unpaired) electrons. The quantitative estimate of drug-likeness (QED) is 0.445. The van der Waals surface area contributed by atoms with Gasteiger partial charge in [-0.1, -0.05) is 0 Å². The smallest absolute Gasteiger partial charge is 0.187 e. The number of nitrogens with one attached hydrogen (secondary N) is 3. The van der Waals surface area contributed by atoms with Crippen molar-refractivity contribution in [2.75, 3.05) is 13.2 Å². The average Bonchev–Trinajstić information content (AvgIpc) is 2.97. The van der Waals surface area contributed by atoms with Crippen molar-refractivity contribution in [3.63, 3.8) is 0 Å². The van der Waals surface area contributed by atoms with Gasteiger partial charge in [0.15, 0.2) is 5.11 Å². The fraction of sp³-hybridized carbons (Fsp3) is 0.538. The summed E-state index contributed by atoms with van der Waals surface area (Å²) < 4.78 is 5.50. The fourth-order valence-electron chi connectivity index (χ4n) is 2.09. The summed E-state index contributed by atoms with van der Waals surface area (Å²) in [6, 6.07) is 2.04. The Balaban J connectivity index is 1.72. The van der Waals surface area contributed by atoms with Gasteiger partial charge in [0, 0.05) is 30.1 Å². The maximum atomic E-state index is 5.50. The molecule has 1 aromatic rings. The zero-order valence-electron chi connectivity index (χ0n) is 11.3. The van der Waals surface area contributed by atoms with Gasteiger partial charge in [-0.3, -0.25) is 5.43 Å². The predicted molar refractivity (Wildman–Crippen MR) is 80.6 cm³/mol. The highest BCUT2D eigenvalue weighted by Crippen LogP contribution is 2.10. The topological polar surface area (TPSA) is 61.4 Å². The second-order valence-electron chi connectivity index (χ2n) is 4.75. The third-order valence-corrected chi connectivity index (χ3v) is 3.31. The number of aromatic amines is 1. The van der Waals surface area contributed by atoms with Crippen molar-refractivity contribution in [3.05, 3.63) is 23.0 Å². The summed E-state index contributed by atoms with van der Waals surface area (Å²) in [5.41, 5.74) is 6.10. The molecule has 1 aliphatic heterocycles. The number of ether oxygens (including phenoxy) is 1. The van der Waals surface area contributed by atoms with Crippen molar-refractivity contribution in [3.8, 4) is 0 Å². The largest absolute Gasteiger partial charge is 0.376 e. The van der Waals surface area contributed by atoms with Crippen molar-refractivity contribution in [1.82, 2.24) is 15.7 Å². The number of hydrogen-bond acceptors (Lipinski definition) is 3. The summed E-state index contributed by atoms with van der Waals surface area (Å²) in [5.74, 6) is 0. The monoisotopic (exact) mass is 280 g/mol. The van der Waals surface area contributed by atoms with Crippen LogP contribution in [0.15, 0.2) is 11.2 Å². The van der Waals surface area contributed by atoms with E-state index in [1.807, 2.05) is 19.9 Å². The normalized spacial score (nSPS) is 18.9. The molecule has 2 heterocycles. The molecule has 19 heavy (non-hydrogen) atoms. The first kappa shape index (κ1) is 14.0. The lowest BCUT2D eigenvalue weighted by Crippen LogP contribution is -2.37. The lowest BCUT2D eigenvalue weighted by atomic mass is 10.2. The molecular formula is C13H20N4OS. The summed E-state index contributed by atoms with van der Waals surface area (Å²) in [7, 11) is 0. The fourth-order valence-corrected chi connectivity index (χ4v) is 2.23. The van der Waals surface area contributed by atoms with Gasteiger partial charge in [-0.05, 0) is 45.0 Å². The van der Waals surface area contributed by atoms with Gasteiger partial charge >= 0.3 is 0 Å². The standard InChI is InChI=1S/C13H20N4OS/c1-9-6-11(10(2)16-9)7-15-17-13(19)14-8-12-4-3-5-18-12/h6-7,12,16H,3-5,8H2,1-2H3,(H2,14,17,19)/b15-7+/t12-/m0/s1. The van der Waals surface area contributed by atoms with Crippen LogP contribution in [0.4, 0.5) is 0 Å². The minimum Gasteiger partial charge on any atom is -0.376 e. The van der Waals surface area contributed by atoms with E-state index in [1.165, 1.54) is 0 Å². The molecule has 0 spiro atoms. The average molecular weight is 280 g/mol. The van der Waals surface area contributed by atoms with Gasteiger partial charge in [0.25, 0.3) is 0 Å². The van der Waals surface area contributed by atoms with E-state index in [0.29, 0.717) is 5.11 Å². The van der Waals surface area contributed by atoms with Crippen molar-refractivity contribution >= 4 is 23.5 Å². The van der Waals surface area contributed by atoms with Crippen LogP contribution in [0.3, 0.4) is 0 Å². The van der Waals surface area contributed by atoms with Crippen LogP contribution < -0.4 is 10.7 Å². The molecule has 2 rings (SSSR count). The van der Waals surface area contributed by atoms with Crippen molar-refractivity contribution < 1.29 is 4.74 Å². The molecule has 0 unspecified atom stereocenters. The highest BCUT2D eigenvalue weighted by Gasteiger charge is 2.14. The number of H-pyrrole nitrogens is 1. The summed E-state index contributed by atoms with van der Waals surface area (Å²) in [4.78, 5) is 3.22. The van der Waals surface area contributed by atoms with E-state index in [0.717, 1.165) is 42.9 Å². The summed E-state index contributed by atoms with van der Waals surface area (Å²) in [6.45, 7) is 5.63. The Morgan fingerprint density at radius 2 is 2.47 bits per heavy atom. The molecule has 0 bridgehead atoms. The Kier molecular flexibility index (Phi) is 4.93. The van der Waals surface area contributed by atoms with Crippen molar-refractivity contribution in [1.29, 1.82) is 0 Å². The Hall–Kier alpha value is -1.40. The summed E-state index contributed by atoms with van der Waals surface area (Å²) in [6.07, 6.45) is 4.27. The number of nitrogens with zero attached hydrogens (tertiary/aromatic N) is 1. The number of hydrazone groups is 1. The molecule has 1 aliphatic rings. The van der Waals surface area contributed by atoms with E-state index in [4.69, 9.17) is 17.0 Å². The minimum absolute atomic E-state index is 0.276. The maximum absolute atomic E-state index is 5.50. The number of rotatable bonds is 4. The molecule has 0 aromatic carbocycles. The van der Waals surface area contributed by atoms with Crippen LogP contribution in [0.25, 0.3) is 0 Å². The van der Waals surface area contributed by atoms with Crippen LogP contribution in [0.1, 0.15) is 29.8 Å². The highest BCUT2D eigenvalue weighted by atomic mass is 32.1. The zero-order chi connectivity index (χ0) is 13.7. The summed E-state index contributed by atoms with van der Waals surface area (Å²) in [5, 5.41) is 7.75. The first-order valence-corrected chi connectivity index (χ1v) is 6.90. The van der Waals surface area contributed by atoms with E-state index in [2.05, 4.69) is 20.8 Å². The molecule has 1 saturated heterocycles. The molecule has 1 atom stereocenters. The van der Waals surface area contributed by atoms with Crippen LogP contribution in [-0.2, 0) is 4.74 Å². The van der Waals surface area contributed by atoms with Crippen LogP contribution >= 0.6 is 12.2 Å². The first-order chi connectivity index (χ1) is 9.15. The molecule has 3 N–H and O–H groups in total. The maximum Gasteiger partial charge on any atom is 0.187 e. The molecule has 1 fully saturated rings. The van der Waals surface area contributed by atoms with Gasteiger partial charge in [-0.25, -0.2) is 0 Å². The second-order valence-corrected chi connectivity index (χ2v) is 5.16. The molecule has 5 nitrogen and oxygen atoms in total. The SMILES string of the molecule is Cc1cc(/C=N/NC(=S)NC[C@@H]2CCCO2)c(C)[nH]1. The van der Waals surface area contributed by atoms with Gasteiger partial charge < -0.3 is 15.0 Å². The lowest BCUT2D eigenvalue weighted by Gasteiger charge is -2.11. The predicted octanol–water partition coefficient (Wildman–Crippen LogP) is 1.61. The molecule has 0 amide bonds. The molecule has 104 valence electrons. The molecule has 0 saturated carbocycles. The van der Waals surface area contributed by atoms with E-state index >= 15 is 0 Å². The minimum atomic E-state index is 0.276. The van der Waals surface area contributed by atoms with Gasteiger partial charge in [0.05, 0.1) is 12.3 Å². The third kappa shape index (κ3) is 4.33. The third-order valence-electron chi connectivity index (χ3n) is 3.07. The van der Waals surface area contributed by atoms with Crippen LogP contribution in [0, 0.1) is 13.8 Å². The Labute approximate surface area is 118 Å². The van der Waals surface area contributed by atoms with E-state index in [9.17, 15) is 0 Å². The van der Waals surface area contributed by atoms with Crippen LogP contribution in [0.5, 0.6) is 0 Å². The number of hydrogen-bond donors (Lipinski definition) is 3. The Morgan fingerprint density at radius 3 is 3.11 bits per heavy atom. The molecular weight excluding hydrogens is 260 g/mol. The highest BCUT2D eigenvalue weighted by molar-refractivity contribution is 7.80. The first-order valence-electron chi connectivity index (χ1n) is 6.50. The van der Waals surface area contributed by atoms with E-state index in [-0.39, 0.29) is 6.10 Å². The van der Waals surface area contributed by atoms with E-state index in [1.54, 1.807) is 6.21 Å². The van der Waals surface area contributed by atoms with Gasteiger partial charge in [-0.2, -0.15) is 5.10 Å². The Bertz CT molecular complexity index is 463. The second kappa shape index (κ2) is 6.68. The van der Waals surface area contributed by atoms with Gasteiger partial charge in [-0.15, -0.1) is 0 Å². The zero-order valence-corrected chi connectivity index (χ0v) is 12.1. The molecule has 1 aromatic heterocycles. The van der Waals surface area contributed by atoms with Crippen molar-refractivity contribution in [2.45, 2.75) is 32.8 Å². The van der Waals surface area contributed by atoms with Crippen LogP contribution in [0.2, 0.25) is 0 Å². The number of aryl methyl sites for hydroxylation is 2. The van der Waals surface area contributed by atoms with Crippen LogP contribution in [-0.4, -0.2) is 35.6 Å². The van der Waals surface area contributed by atoms with Crippen molar-refractivity contribution in [2.24, 2.45) is 5.10 Å². The summed E-state index contributed by atoms with van der Waals surface area (Å²) >= 11 is 5.14. The number of thiocarbonyl (C=S) groups is 1. The molecule has 6 heteroatoms. The van der Waals surface area contributed by atoms with Gasteiger partial charge in [0.2, 0.25) is 0 Å².